The predicted molar refractivity (Wildman–Crippen MR) is 81.1 cm³/mol. The van der Waals surface area contributed by atoms with Gasteiger partial charge in [-0.25, -0.2) is 8.42 Å². The van der Waals surface area contributed by atoms with Crippen LogP contribution in [-0.2, 0) is 9.84 Å². The summed E-state index contributed by atoms with van der Waals surface area (Å²) in [6, 6.07) is 12.0. The van der Waals surface area contributed by atoms with Crippen LogP contribution in [0.15, 0.2) is 48.8 Å². The van der Waals surface area contributed by atoms with Crippen molar-refractivity contribution in [1.82, 2.24) is 4.57 Å². The van der Waals surface area contributed by atoms with Gasteiger partial charge in [0.1, 0.15) is 0 Å². The molecule has 3 rings (SSSR count). The summed E-state index contributed by atoms with van der Waals surface area (Å²) in [7, 11) is -2.87. The average Bonchev–Trinajstić information content (AvgIpc) is 2.91. The minimum absolute atomic E-state index is 0.0219. The number of rotatable bonds is 3. The second-order valence-corrected chi connectivity index (χ2v) is 7.47. The van der Waals surface area contributed by atoms with E-state index in [0.717, 1.165) is 24.2 Å². The molecule has 1 N–H and O–H groups in total. The van der Waals surface area contributed by atoms with E-state index in [1.165, 1.54) is 0 Å². The summed E-state index contributed by atoms with van der Waals surface area (Å²) in [5, 5.41) is 3.35. The second kappa shape index (κ2) is 5.32. The van der Waals surface area contributed by atoms with Gasteiger partial charge in [-0.2, -0.15) is 0 Å². The van der Waals surface area contributed by atoms with Gasteiger partial charge in [-0.3, -0.25) is 0 Å². The molecule has 2 aromatic rings. The zero-order valence-corrected chi connectivity index (χ0v) is 12.0. The number of aromatic nitrogens is 1. The van der Waals surface area contributed by atoms with Gasteiger partial charge in [-0.15, -0.1) is 0 Å². The molecule has 1 aliphatic rings. The SMILES string of the molecule is O=S1(=O)CCCC(Nc2cccc(-n3cccc3)c2)C1. The van der Waals surface area contributed by atoms with Gasteiger partial charge in [0.15, 0.2) is 9.84 Å². The Morgan fingerprint density at radius 1 is 1.15 bits per heavy atom. The van der Waals surface area contributed by atoms with Crippen molar-refractivity contribution in [3.8, 4) is 5.69 Å². The number of nitrogens with one attached hydrogen (secondary N) is 1. The Morgan fingerprint density at radius 3 is 2.70 bits per heavy atom. The van der Waals surface area contributed by atoms with Crippen LogP contribution in [0.5, 0.6) is 0 Å². The lowest BCUT2D eigenvalue weighted by molar-refractivity contribution is 0.562. The summed E-state index contributed by atoms with van der Waals surface area (Å²) in [6.45, 7) is 0. The van der Waals surface area contributed by atoms with E-state index in [2.05, 4.69) is 5.32 Å². The molecular weight excluding hydrogens is 272 g/mol. The van der Waals surface area contributed by atoms with E-state index in [9.17, 15) is 8.42 Å². The molecule has 0 bridgehead atoms. The fourth-order valence-corrected chi connectivity index (χ4v) is 4.27. The van der Waals surface area contributed by atoms with Crippen LogP contribution in [0.3, 0.4) is 0 Å². The summed E-state index contributed by atoms with van der Waals surface area (Å²) >= 11 is 0. The Labute approximate surface area is 119 Å². The van der Waals surface area contributed by atoms with Gasteiger partial charge in [0.25, 0.3) is 0 Å². The highest BCUT2D eigenvalue weighted by Crippen LogP contribution is 2.20. The zero-order valence-electron chi connectivity index (χ0n) is 11.2. The first-order valence-corrected chi connectivity index (χ1v) is 8.65. The van der Waals surface area contributed by atoms with Gasteiger partial charge in [0.2, 0.25) is 0 Å². The zero-order chi connectivity index (χ0) is 14.0. The highest BCUT2D eigenvalue weighted by molar-refractivity contribution is 7.91. The quantitative estimate of drug-likeness (QED) is 0.944. The molecule has 4 nitrogen and oxygen atoms in total. The highest BCUT2D eigenvalue weighted by atomic mass is 32.2. The first kappa shape index (κ1) is 13.2. The molecular formula is C15H18N2O2S. The molecule has 106 valence electrons. The third-order valence-electron chi connectivity index (χ3n) is 3.58. The first-order chi connectivity index (χ1) is 9.62. The van der Waals surface area contributed by atoms with E-state index in [-0.39, 0.29) is 11.8 Å². The Hall–Kier alpha value is -1.75. The van der Waals surface area contributed by atoms with Gasteiger partial charge in [-0.05, 0) is 43.2 Å². The third-order valence-corrected chi connectivity index (χ3v) is 5.40. The largest absolute Gasteiger partial charge is 0.381 e. The van der Waals surface area contributed by atoms with Crippen LogP contribution >= 0.6 is 0 Å². The molecule has 1 aromatic heterocycles. The van der Waals surface area contributed by atoms with Crippen molar-refractivity contribution in [2.75, 3.05) is 16.8 Å². The third kappa shape index (κ3) is 3.04. The lowest BCUT2D eigenvalue weighted by Crippen LogP contribution is -2.34. The van der Waals surface area contributed by atoms with Crippen LogP contribution in [0.4, 0.5) is 5.69 Å². The van der Waals surface area contributed by atoms with Crippen molar-refractivity contribution in [3.63, 3.8) is 0 Å². The van der Waals surface area contributed by atoms with Gasteiger partial charge in [-0.1, -0.05) is 6.07 Å². The lowest BCUT2D eigenvalue weighted by atomic mass is 10.1. The Morgan fingerprint density at radius 2 is 1.95 bits per heavy atom. The highest BCUT2D eigenvalue weighted by Gasteiger charge is 2.24. The summed E-state index contributed by atoms with van der Waals surface area (Å²) in [5.74, 6) is 0.565. The van der Waals surface area contributed by atoms with Crippen molar-refractivity contribution in [3.05, 3.63) is 48.8 Å². The molecule has 0 spiro atoms. The van der Waals surface area contributed by atoms with Crippen LogP contribution in [0.25, 0.3) is 5.69 Å². The van der Waals surface area contributed by atoms with Crippen molar-refractivity contribution in [2.24, 2.45) is 0 Å². The van der Waals surface area contributed by atoms with Gasteiger partial charge in [0.05, 0.1) is 11.5 Å². The van der Waals surface area contributed by atoms with Gasteiger partial charge in [0, 0.05) is 29.8 Å². The Balaban J connectivity index is 1.76. The minimum atomic E-state index is -2.87. The number of hydrogen-bond donors (Lipinski definition) is 1. The maximum atomic E-state index is 11.7. The molecule has 20 heavy (non-hydrogen) atoms. The van der Waals surface area contributed by atoms with E-state index in [0.29, 0.717) is 5.75 Å². The van der Waals surface area contributed by atoms with Crippen molar-refractivity contribution >= 4 is 15.5 Å². The standard InChI is InChI=1S/C15H18N2O2S/c18-20(19)10-4-6-14(12-20)16-13-5-3-7-15(11-13)17-8-1-2-9-17/h1-3,5,7-9,11,14,16H,4,6,10,12H2. The molecule has 1 fully saturated rings. The molecule has 1 saturated heterocycles. The first-order valence-electron chi connectivity index (χ1n) is 6.83. The average molecular weight is 290 g/mol. The minimum Gasteiger partial charge on any atom is -0.381 e. The molecule has 0 aliphatic carbocycles. The fourth-order valence-electron chi connectivity index (χ4n) is 2.64. The summed E-state index contributed by atoms with van der Waals surface area (Å²) in [6.07, 6.45) is 5.64. The van der Waals surface area contributed by atoms with Crippen LogP contribution in [0.1, 0.15) is 12.8 Å². The van der Waals surface area contributed by atoms with E-state index in [4.69, 9.17) is 0 Å². The molecule has 1 aliphatic heterocycles. The maximum absolute atomic E-state index is 11.7. The normalized spacial score (nSPS) is 21.5. The second-order valence-electron chi connectivity index (χ2n) is 5.24. The molecule has 1 unspecified atom stereocenters. The molecule has 2 heterocycles. The summed E-state index contributed by atoms with van der Waals surface area (Å²) in [5.41, 5.74) is 2.04. The molecule has 5 heteroatoms. The van der Waals surface area contributed by atoms with Crippen LogP contribution in [0, 0.1) is 0 Å². The predicted octanol–water partition coefficient (Wildman–Crippen LogP) is 2.47. The van der Waals surface area contributed by atoms with Crippen LogP contribution < -0.4 is 5.32 Å². The molecule has 1 aromatic carbocycles. The number of sulfone groups is 1. The van der Waals surface area contributed by atoms with Crippen LogP contribution in [0.2, 0.25) is 0 Å². The lowest BCUT2D eigenvalue weighted by Gasteiger charge is -2.24. The smallest absolute Gasteiger partial charge is 0.152 e. The van der Waals surface area contributed by atoms with Crippen molar-refractivity contribution in [2.45, 2.75) is 18.9 Å². The van der Waals surface area contributed by atoms with E-state index >= 15 is 0 Å². The molecule has 1 atom stereocenters. The maximum Gasteiger partial charge on any atom is 0.152 e. The van der Waals surface area contributed by atoms with Crippen LogP contribution in [-0.4, -0.2) is 30.5 Å². The number of anilines is 1. The Kier molecular flexibility index (Phi) is 3.53. The van der Waals surface area contributed by atoms with Gasteiger partial charge < -0.3 is 9.88 Å². The molecule has 0 radical (unpaired) electrons. The Bertz CT molecular complexity index is 678. The molecule has 0 saturated carbocycles. The summed E-state index contributed by atoms with van der Waals surface area (Å²) < 4.78 is 25.4. The van der Waals surface area contributed by atoms with E-state index in [1.807, 2.05) is 53.4 Å². The van der Waals surface area contributed by atoms with E-state index in [1.54, 1.807) is 0 Å². The van der Waals surface area contributed by atoms with Crippen molar-refractivity contribution in [1.29, 1.82) is 0 Å². The van der Waals surface area contributed by atoms with Crippen molar-refractivity contribution < 1.29 is 8.42 Å². The molecule has 0 amide bonds. The number of nitrogens with zero attached hydrogens (tertiary/aromatic N) is 1. The van der Waals surface area contributed by atoms with Gasteiger partial charge >= 0.3 is 0 Å². The topological polar surface area (TPSA) is 51.1 Å². The summed E-state index contributed by atoms with van der Waals surface area (Å²) in [4.78, 5) is 0. The number of benzene rings is 1. The fraction of sp³-hybridized carbons (Fsp3) is 0.333. The monoisotopic (exact) mass is 290 g/mol. The van der Waals surface area contributed by atoms with E-state index < -0.39 is 9.84 Å². The number of hydrogen-bond acceptors (Lipinski definition) is 3.